The predicted molar refractivity (Wildman–Crippen MR) is 80.1 cm³/mol. The van der Waals surface area contributed by atoms with Crippen molar-refractivity contribution in [1.82, 2.24) is 0 Å². The van der Waals surface area contributed by atoms with Crippen LogP contribution in [0.3, 0.4) is 0 Å². The van der Waals surface area contributed by atoms with E-state index in [-0.39, 0.29) is 29.6 Å². The average molecular weight is 299 g/mol. The van der Waals surface area contributed by atoms with Gasteiger partial charge >= 0.3 is 5.97 Å². The minimum Gasteiger partial charge on any atom is -0.427 e. The Kier molecular flexibility index (Phi) is 3.56. The van der Waals surface area contributed by atoms with Crippen LogP contribution in [0.1, 0.15) is 20.3 Å². The number of carbonyl (C=O) groups is 3. The second-order valence-corrected chi connectivity index (χ2v) is 5.75. The smallest absolute Gasteiger partial charge is 0.308 e. The van der Waals surface area contributed by atoms with E-state index in [4.69, 9.17) is 4.74 Å². The summed E-state index contributed by atoms with van der Waals surface area (Å²) in [6.45, 7) is 3.28. The van der Waals surface area contributed by atoms with Gasteiger partial charge < -0.3 is 4.74 Å². The van der Waals surface area contributed by atoms with Crippen LogP contribution >= 0.6 is 0 Å². The van der Waals surface area contributed by atoms with Crippen LogP contribution in [0.15, 0.2) is 36.4 Å². The van der Waals surface area contributed by atoms with Crippen molar-refractivity contribution in [1.29, 1.82) is 0 Å². The molecule has 2 amide bonds. The van der Waals surface area contributed by atoms with E-state index in [1.807, 2.05) is 19.1 Å². The van der Waals surface area contributed by atoms with Gasteiger partial charge in [0.15, 0.2) is 0 Å². The number of benzene rings is 1. The molecule has 0 N–H and O–H groups in total. The number of allylic oxidation sites excluding steroid dienone is 2. The summed E-state index contributed by atoms with van der Waals surface area (Å²) in [6.07, 6.45) is 4.59. The zero-order valence-corrected chi connectivity index (χ0v) is 12.5. The van der Waals surface area contributed by atoms with Crippen molar-refractivity contribution in [2.75, 3.05) is 4.90 Å². The first-order chi connectivity index (χ1) is 10.5. The molecule has 0 spiro atoms. The van der Waals surface area contributed by atoms with Crippen molar-refractivity contribution in [3.05, 3.63) is 36.4 Å². The molecular weight excluding hydrogens is 282 g/mol. The van der Waals surface area contributed by atoms with E-state index in [2.05, 4.69) is 0 Å². The molecule has 3 atom stereocenters. The molecule has 1 aliphatic heterocycles. The van der Waals surface area contributed by atoms with Crippen molar-refractivity contribution >= 4 is 23.5 Å². The summed E-state index contributed by atoms with van der Waals surface area (Å²) in [6, 6.07) is 6.43. The summed E-state index contributed by atoms with van der Waals surface area (Å²) in [4.78, 5) is 37.3. The Balaban J connectivity index is 1.87. The van der Waals surface area contributed by atoms with E-state index >= 15 is 0 Å². The maximum atomic E-state index is 12.6. The van der Waals surface area contributed by atoms with Gasteiger partial charge in [-0.15, -0.1) is 0 Å². The van der Waals surface area contributed by atoms with Crippen molar-refractivity contribution in [2.24, 2.45) is 17.8 Å². The van der Waals surface area contributed by atoms with Gasteiger partial charge in [0.25, 0.3) is 0 Å². The lowest BCUT2D eigenvalue weighted by molar-refractivity contribution is -0.132. The molecule has 1 aromatic carbocycles. The number of rotatable bonds is 2. The molecule has 1 saturated heterocycles. The highest BCUT2D eigenvalue weighted by atomic mass is 16.5. The molecule has 1 aliphatic carbocycles. The Labute approximate surface area is 128 Å². The first-order valence-electron chi connectivity index (χ1n) is 7.32. The summed E-state index contributed by atoms with van der Waals surface area (Å²) in [7, 11) is 0. The van der Waals surface area contributed by atoms with Crippen LogP contribution in [0.5, 0.6) is 5.75 Å². The summed E-state index contributed by atoms with van der Waals surface area (Å²) < 4.78 is 4.96. The minimum absolute atomic E-state index is 0.0699. The number of hydrogen-bond donors (Lipinski definition) is 0. The summed E-state index contributed by atoms with van der Waals surface area (Å²) in [5.74, 6) is -0.778. The van der Waals surface area contributed by atoms with Crippen LogP contribution in [0.2, 0.25) is 0 Å². The molecule has 0 radical (unpaired) electrons. The van der Waals surface area contributed by atoms with Crippen LogP contribution in [-0.2, 0) is 14.4 Å². The Morgan fingerprint density at radius 3 is 2.45 bits per heavy atom. The average Bonchev–Trinajstić information content (AvgIpc) is 2.73. The third-order valence-electron chi connectivity index (χ3n) is 4.23. The molecule has 1 aromatic rings. The van der Waals surface area contributed by atoms with Gasteiger partial charge in [-0.1, -0.05) is 19.1 Å². The molecule has 0 saturated carbocycles. The summed E-state index contributed by atoms with van der Waals surface area (Å²) >= 11 is 0. The lowest BCUT2D eigenvalue weighted by atomic mass is 9.78. The lowest BCUT2D eigenvalue weighted by Gasteiger charge is -2.22. The first-order valence-corrected chi connectivity index (χ1v) is 7.32. The fraction of sp³-hybridized carbons (Fsp3) is 0.353. The van der Waals surface area contributed by atoms with Gasteiger partial charge in [-0.3, -0.25) is 19.3 Å². The maximum absolute atomic E-state index is 12.6. The number of fused-ring (bicyclic) bond motifs is 1. The highest BCUT2D eigenvalue weighted by Gasteiger charge is 2.50. The third-order valence-corrected chi connectivity index (χ3v) is 4.23. The van der Waals surface area contributed by atoms with Crippen molar-refractivity contribution in [3.63, 3.8) is 0 Å². The molecule has 0 aromatic heterocycles. The number of esters is 1. The van der Waals surface area contributed by atoms with E-state index in [0.717, 1.165) is 0 Å². The first kappa shape index (κ1) is 14.5. The van der Waals surface area contributed by atoms with Gasteiger partial charge in [-0.05, 0) is 36.6 Å². The van der Waals surface area contributed by atoms with Crippen molar-refractivity contribution in [2.45, 2.75) is 20.3 Å². The van der Waals surface area contributed by atoms with Crippen LogP contribution in [0.4, 0.5) is 5.69 Å². The zero-order valence-electron chi connectivity index (χ0n) is 12.5. The normalized spacial score (nSPS) is 27.0. The largest absolute Gasteiger partial charge is 0.427 e. The zero-order chi connectivity index (χ0) is 15.9. The fourth-order valence-electron chi connectivity index (χ4n) is 3.23. The number of carbonyl (C=O) groups excluding carboxylic acids is 3. The summed E-state index contributed by atoms with van der Waals surface area (Å²) in [5, 5.41) is 0. The number of nitrogens with zero attached hydrogens (tertiary/aromatic N) is 1. The van der Waals surface area contributed by atoms with Crippen molar-refractivity contribution < 1.29 is 19.1 Å². The van der Waals surface area contributed by atoms with Gasteiger partial charge in [-0.2, -0.15) is 0 Å². The van der Waals surface area contributed by atoms with Gasteiger partial charge in [0.2, 0.25) is 11.8 Å². The molecule has 5 heteroatoms. The van der Waals surface area contributed by atoms with E-state index < -0.39 is 5.97 Å². The second-order valence-electron chi connectivity index (χ2n) is 5.75. The molecule has 1 fully saturated rings. The van der Waals surface area contributed by atoms with E-state index in [1.54, 1.807) is 24.3 Å². The Bertz CT molecular complexity index is 662. The van der Waals surface area contributed by atoms with Crippen LogP contribution < -0.4 is 9.64 Å². The molecule has 1 heterocycles. The number of anilines is 1. The second kappa shape index (κ2) is 5.40. The number of imide groups is 1. The maximum Gasteiger partial charge on any atom is 0.308 e. The predicted octanol–water partition coefficient (Wildman–Crippen LogP) is 2.31. The van der Waals surface area contributed by atoms with E-state index in [0.29, 0.717) is 17.9 Å². The Hall–Kier alpha value is -2.43. The number of ether oxygens (including phenoxy) is 1. The van der Waals surface area contributed by atoms with Gasteiger partial charge in [-0.25, -0.2) is 0 Å². The van der Waals surface area contributed by atoms with Gasteiger partial charge in [0.1, 0.15) is 5.75 Å². The van der Waals surface area contributed by atoms with Crippen LogP contribution in [0, 0.1) is 17.8 Å². The van der Waals surface area contributed by atoms with Crippen LogP contribution in [-0.4, -0.2) is 17.8 Å². The quantitative estimate of drug-likeness (QED) is 0.364. The number of hydrogen-bond acceptors (Lipinski definition) is 4. The summed E-state index contributed by atoms with van der Waals surface area (Å²) in [5.41, 5.74) is 0.521. The number of amides is 2. The molecular formula is C17H17NO4. The molecule has 5 nitrogen and oxygen atoms in total. The molecule has 22 heavy (non-hydrogen) atoms. The molecule has 114 valence electrons. The lowest BCUT2D eigenvalue weighted by Crippen LogP contribution is -2.31. The third kappa shape index (κ3) is 2.32. The monoisotopic (exact) mass is 299 g/mol. The van der Waals surface area contributed by atoms with E-state index in [1.165, 1.54) is 11.8 Å². The van der Waals surface area contributed by atoms with Gasteiger partial charge in [0.05, 0.1) is 17.5 Å². The van der Waals surface area contributed by atoms with E-state index in [9.17, 15) is 14.4 Å². The highest BCUT2D eigenvalue weighted by molar-refractivity contribution is 6.22. The van der Waals surface area contributed by atoms with Gasteiger partial charge in [0, 0.05) is 6.92 Å². The highest BCUT2D eigenvalue weighted by Crippen LogP contribution is 2.40. The topological polar surface area (TPSA) is 63.7 Å². The molecule has 2 aliphatic rings. The SMILES string of the molecule is CC(=O)Oc1ccc(N2C(=O)[C@H]3[C@@H](C)C=CC[C@H]3C2=O)cc1. The van der Waals surface area contributed by atoms with Crippen LogP contribution in [0.25, 0.3) is 0 Å². The van der Waals surface area contributed by atoms with Crippen molar-refractivity contribution in [3.8, 4) is 5.75 Å². The Morgan fingerprint density at radius 2 is 1.86 bits per heavy atom. The fourth-order valence-corrected chi connectivity index (χ4v) is 3.23. The molecule has 0 unspecified atom stereocenters. The molecule has 0 bridgehead atoms. The minimum atomic E-state index is -0.410. The standard InChI is InChI=1S/C17H17NO4/c1-10-4-3-5-14-15(10)17(21)18(16(14)20)12-6-8-13(9-7-12)22-11(2)19/h3-4,6-10,14-15H,5H2,1-2H3/t10-,14+,15-/m0/s1. The molecule has 3 rings (SSSR count). The Morgan fingerprint density at radius 1 is 1.18 bits per heavy atom.